The molecule has 6 unspecified atom stereocenters. The van der Waals surface area contributed by atoms with E-state index >= 15 is 0 Å². The molecular formula is C13H21N. The lowest BCUT2D eigenvalue weighted by Gasteiger charge is -2.44. The monoisotopic (exact) mass is 191 g/mol. The average molecular weight is 191 g/mol. The second-order valence-corrected chi connectivity index (χ2v) is 6.18. The molecule has 4 aliphatic rings. The van der Waals surface area contributed by atoms with E-state index in [0.717, 1.165) is 35.6 Å². The van der Waals surface area contributed by atoms with E-state index < -0.39 is 0 Å². The Morgan fingerprint density at radius 3 is 2.07 bits per heavy atom. The van der Waals surface area contributed by atoms with Crippen LogP contribution in [0.4, 0.5) is 0 Å². The fourth-order valence-corrected chi connectivity index (χ4v) is 5.40. The van der Waals surface area contributed by atoms with E-state index in [2.05, 4.69) is 5.32 Å². The molecule has 1 aliphatic heterocycles. The Hall–Kier alpha value is -0.0400. The van der Waals surface area contributed by atoms with Crippen LogP contribution in [0.2, 0.25) is 0 Å². The summed E-state index contributed by atoms with van der Waals surface area (Å²) in [5.74, 6) is 5.62. The maximum atomic E-state index is 3.80. The van der Waals surface area contributed by atoms with Gasteiger partial charge < -0.3 is 5.32 Å². The van der Waals surface area contributed by atoms with Crippen molar-refractivity contribution in [1.82, 2.24) is 5.32 Å². The van der Waals surface area contributed by atoms with Gasteiger partial charge in [0.05, 0.1) is 0 Å². The van der Waals surface area contributed by atoms with Gasteiger partial charge in [0, 0.05) is 6.04 Å². The van der Waals surface area contributed by atoms with Crippen LogP contribution < -0.4 is 5.32 Å². The molecule has 0 spiro atoms. The Morgan fingerprint density at radius 1 is 0.643 bits per heavy atom. The summed E-state index contributed by atoms with van der Waals surface area (Å²) in [5, 5.41) is 3.80. The molecule has 4 fully saturated rings. The van der Waals surface area contributed by atoms with Crippen LogP contribution in [0.25, 0.3) is 0 Å². The van der Waals surface area contributed by atoms with Gasteiger partial charge in [-0.1, -0.05) is 0 Å². The van der Waals surface area contributed by atoms with Crippen molar-refractivity contribution in [1.29, 1.82) is 0 Å². The van der Waals surface area contributed by atoms with Crippen molar-refractivity contribution in [2.75, 3.05) is 6.54 Å². The first-order chi connectivity index (χ1) is 6.93. The van der Waals surface area contributed by atoms with Gasteiger partial charge in [0.15, 0.2) is 0 Å². The van der Waals surface area contributed by atoms with Crippen LogP contribution in [0.5, 0.6) is 0 Å². The minimum Gasteiger partial charge on any atom is -0.313 e. The molecule has 1 nitrogen and oxygen atoms in total. The molecule has 0 aromatic heterocycles. The van der Waals surface area contributed by atoms with Crippen molar-refractivity contribution in [2.24, 2.45) is 29.6 Å². The van der Waals surface area contributed by atoms with Crippen LogP contribution in [-0.4, -0.2) is 12.6 Å². The third kappa shape index (κ3) is 0.900. The van der Waals surface area contributed by atoms with E-state index in [-0.39, 0.29) is 0 Å². The lowest BCUT2D eigenvalue weighted by molar-refractivity contribution is 0.0601. The highest BCUT2D eigenvalue weighted by atomic mass is 15.0. The lowest BCUT2D eigenvalue weighted by atomic mass is 9.60. The maximum Gasteiger partial charge on any atom is 0.0101 e. The molecule has 1 heteroatoms. The Bertz CT molecular complexity index is 200. The molecule has 1 heterocycles. The zero-order valence-corrected chi connectivity index (χ0v) is 8.91. The SMILES string of the molecule is C1CC2CCC3NCC4CCC1C2C43. The normalized spacial score (nSPS) is 60.0. The van der Waals surface area contributed by atoms with Gasteiger partial charge in [-0.3, -0.25) is 0 Å². The maximum absolute atomic E-state index is 3.80. The summed E-state index contributed by atoms with van der Waals surface area (Å²) in [6, 6.07) is 0.933. The quantitative estimate of drug-likeness (QED) is 0.620. The van der Waals surface area contributed by atoms with Crippen molar-refractivity contribution < 1.29 is 0 Å². The summed E-state index contributed by atoms with van der Waals surface area (Å²) in [6.07, 6.45) is 9.30. The van der Waals surface area contributed by atoms with Gasteiger partial charge in [0.2, 0.25) is 0 Å². The minimum atomic E-state index is 0.933. The van der Waals surface area contributed by atoms with E-state index in [0.29, 0.717) is 0 Å². The van der Waals surface area contributed by atoms with E-state index in [1.807, 2.05) is 0 Å². The molecule has 0 radical (unpaired) electrons. The molecule has 3 saturated carbocycles. The molecule has 0 aromatic rings. The molecule has 6 atom stereocenters. The summed E-state index contributed by atoms with van der Waals surface area (Å²) in [7, 11) is 0. The van der Waals surface area contributed by atoms with Crippen molar-refractivity contribution in [3.63, 3.8) is 0 Å². The van der Waals surface area contributed by atoms with E-state index in [1.165, 1.54) is 13.0 Å². The average Bonchev–Trinajstić information content (AvgIpc) is 2.77. The molecule has 14 heavy (non-hydrogen) atoms. The second-order valence-electron chi connectivity index (χ2n) is 6.18. The standard InChI is InChI=1S/C13H21N/c1-2-9-5-6-11-13-10(7-14-11)4-3-8(1)12(9)13/h8-14H,1-7H2. The summed E-state index contributed by atoms with van der Waals surface area (Å²) >= 11 is 0. The third-order valence-corrected chi connectivity index (χ3v) is 5.85. The number of nitrogens with one attached hydrogen (secondary N) is 1. The van der Waals surface area contributed by atoms with E-state index in [4.69, 9.17) is 0 Å². The third-order valence-electron chi connectivity index (χ3n) is 5.85. The molecule has 0 bridgehead atoms. The van der Waals surface area contributed by atoms with E-state index in [9.17, 15) is 0 Å². The Labute approximate surface area is 86.6 Å². The first-order valence-electron chi connectivity index (χ1n) is 6.67. The highest BCUT2D eigenvalue weighted by Gasteiger charge is 2.53. The molecule has 1 saturated heterocycles. The first kappa shape index (κ1) is 8.15. The van der Waals surface area contributed by atoms with Gasteiger partial charge in [-0.05, 0) is 74.7 Å². The van der Waals surface area contributed by atoms with Crippen LogP contribution in [0.15, 0.2) is 0 Å². The molecule has 1 N–H and O–H groups in total. The van der Waals surface area contributed by atoms with Gasteiger partial charge >= 0.3 is 0 Å². The van der Waals surface area contributed by atoms with Gasteiger partial charge in [-0.25, -0.2) is 0 Å². The Balaban J connectivity index is 1.73. The predicted molar refractivity (Wildman–Crippen MR) is 56.9 cm³/mol. The number of rotatable bonds is 0. The Kier molecular flexibility index (Phi) is 1.60. The fourth-order valence-electron chi connectivity index (χ4n) is 5.40. The van der Waals surface area contributed by atoms with Crippen LogP contribution >= 0.6 is 0 Å². The molecule has 0 amide bonds. The summed E-state index contributed by atoms with van der Waals surface area (Å²) < 4.78 is 0. The summed E-state index contributed by atoms with van der Waals surface area (Å²) in [4.78, 5) is 0. The topological polar surface area (TPSA) is 12.0 Å². The van der Waals surface area contributed by atoms with Gasteiger partial charge in [0.1, 0.15) is 0 Å². The second kappa shape index (κ2) is 2.75. The van der Waals surface area contributed by atoms with Gasteiger partial charge in [-0.15, -0.1) is 0 Å². The number of hydrogen-bond donors (Lipinski definition) is 1. The van der Waals surface area contributed by atoms with Crippen molar-refractivity contribution in [2.45, 2.75) is 44.6 Å². The van der Waals surface area contributed by atoms with Crippen molar-refractivity contribution >= 4 is 0 Å². The van der Waals surface area contributed by atoms with Crippen LogP contribution in [0.1, 0.15) is 38.5 Å². The molecule has 4 rings (SSSR count). The largest absolute Gasteiger partial charge is 0.313 e. The fraction of sp³-hybridized carbons (Fsp3) is 1.00. The van der Waals surface area contributed by atoms with Gasteiger partial charge in [0.25, 0.3) is 0 Å². The van der Waals surface area contributed by atoms with Crippen molar-refractivity contribution in [3.05, 3.63) is 0 Å². The van der Waals surface area contributed by atoms with Gasteiger partial charge in [-0.2, -0.15) is 0 Å². The molecular weight excluding hydrogens is 170 g/mol. The van der Waals surface area contributed by atoms with Crippen LogP contribution in [0, 0.1) is 29.6 Å². The molecule has 78 valence electrons. The van der Waals surface area contributed by atoms with Crippen molar-refractivity contribution in [3.8, 4) is 0 Å². The number of hydrogen-bond acceptors (Lipinski definition) is 1. The predicted octanol–water partition coefficient (Wildman–Crippen LogP) is 2.42. The highest BCUT2D eigenvalue weighted by Crippen LogP contribution is 2.57. The smallest absolute Gasteiger partial charge is 0.0101 e. The minimum absolute atomic E-state index is 0.933. The summed E-state index contributed by atoms with van der Waals surface area (Å²) in [5.41, 5.74) is 0. The zero-order chi connectivity index (χ0) is 9.12. The van der Waals surface area contributed by atoms with Crippen LogP contribution in [0.3, 0.4) is 0 Å². The zero-order valence-electron chi connectivity index (χ0n) is 8.91. The summed E-state index contributed by atoms with van der Waals surface area (Å²) in [6.45, 7) is 1.35. The Morgan fingerprint density at radius 2 is 1.29 bits per heavy atom. The lowest BCUT2D eigenvalue weighted by Crippen LogP contribution is -2.43. The highest BCUT2D eigenvalue weighted by molar-refractivity contribution is 5.06. The first-order valence-corrected chi connectivity index (χ1v) is 6.67. The van der Waals surface area contributed by atoms with Crippen LogP contribution in [-0.2, 0) is 0 Å². The molecule has 3 aliphatic carbocycles. The van der Waals surface area contributed by atoms with E-state index in [1.54, 1.807) is 32.1 Å². The molecule has 0 aromatic carbocycles.